The molecule has 4 heteroatoms. The largest absolute Gasteiger partial charge is 0.481 e. The summed E-state index contributed by atoms with van der Waals surface area (Å²) < 4.78 is 0. The quantitative estimate of drug-likeness (QED) is 0.828. The van der Waals surface area contributed by atoms with Crippen molar-refractivity contribution in [3.05, 3.63) is 34.3 Å². The second-order valence-corrected chi connectivity index (χ2v) is 5.71. The number of carbonyl (C=O) groups excluding carboxylic acids is 1. The average Bonchev–Trinajstić information content (AvgIpc) is 2.19. The molecular formula is C14H17ClO3. The van der Waals surface area contributed by atoms with Gasteiger partial charge in [0.2, 0.25) is 0 Å². The van der Waals surface area contributed by atoms with Crippen molar-refractivity contribution in [3.63, 3.8) is 0 Å². The number of ketones is 1. The topological polar surface area (TPSA) is 54.4 Å². The molecule has 0 amide bonds. The van der Waals surface area contributed by atoms with Crippen molar-refractivity contribution >= 4 is 23.4 Å². The maximum absolute atomic E-state index is 12.1. The van der Waals surface area contributed by atoms with E-state index in [1.54, 1.807) is 32.0 Å². The molecule has 0 fully saturated rings. The zero-order valence-electron chi connectivity index (χ0n) is 10.8. The number of aryl methyl sites for hydroxylation is 1. The monoisotopic (exact) mass is 268 g/mol. The van der Waals surface area contributed by atoms with Gasteiger partial charge in [-0.05, 0) is 36.1 Å². The zero-order valence-corrected chi connectivity index (χ0v) is 11.5. The summed E-state index contributed by atoms with van der Waals surface area (Å²) in [6.07, 6.45) is 0.186. The average molecular weight is 269 g/mol. The van der Waals surface area contributed by atoms with Gasteiger partial charge in [-0.25, -0.2) is 0 Å². The zero-order chi connectivity index (χ0) is 13.9. The van der Waals surface area contributed by atoms with Gasteiger partial charge < -0.3 is 5.11 Å². The van der Waals surface area contributed by atoms with E-state index in [0.29, 0.717) is 10.6 Å². The summed E-state index contributed by atoms with van der Waals surface area (Å²) in [6, 6.07) is 5.10. The molecule has 1 aromatic carbocycles. The number of aliphatic carboxylic acids is 1. The van der Waals surface area contributed by atoms with Crippen LogP contribution in [0.5, 0.6) is 0 Å². The number of carboxylic acid groups (broad SMARTS) is 1. The Labute approximate surface area is 112 Å². The molecule has 0 atom stereocenters. The molecule has 0 spiro atoms. The molecule has 98 valence electrons. The number of rotatable bonds is 5. The summed E-state index contributed by atoms with van der Waals surface area (Å²) in [6.45, 7) is 5.39. The molecule has 3 nitrogen and oxygen atoms in total. The summed E-state index contributed by atoms with van der Waals surface area (Å²) in [7, 11) is 0. The molecule has 0 radical (unpaired) electrons. The number of carbonyl (C=O) groups is 2. The lowest BCUT2D eigenvalue weighted by atomic mass is 9.82. The fourth-order valence-electron chi connectivity index (χ4n) is 1.83. The lowest BCUT2D eigenvalue weighted by molar-refractivity contribution is -0.139. The highest BCUT2D eigenvalue weighted by molar-refractivity contribution is 6.31. The first kappa shape index (κ1) is 14.7. The highest BCUT2D eigenvalue weighted by Gasteiger charge is 2.25. The van der Waals surface area contributed by atoms with E-state index in [2.05, 4.69) is 0 Å². The number of carboxylic acids is 1. The number of hydrogen-bond acceptors (Lipinski definition) is 2. The molecule has 0 aliphatic rings. The van der Waals surface area contributed by atoms with Crippen LogP contribution in [-0.4, -0.2) is 16.9 Å². The van der Waals surface area contributed by atoms with Gasteiger partial charge in [-0.1, -0.05) is 25.4 Å². The number of halogens is 1. The van der Waals surface area contributed by atoms with E-state index < -0.39 is 11.4 Å². The summed E-state index contributed by atoms with van der Waals surface area (Å²) >= 11 is 5.90. The van der Waals surface area contributed by atoms with Crippen molar-refractivity contribution in [2.45, 2.75) is 33.6 Å². The van der Waals surface area contributed by atoms with Gasteiger partial charge in [0.1, 0.15) is 0 Å². The molecule has 1 rings (SSSR count). The van der Waals surface area contributed by atoms with Crippen LogP contribution < -0.4 is 0 Å². The first-order chi connectivity index (χ1) is 8.21. The maximum Gasteiger partial charge on any atom is 0.303 e. The third-order valence-electron chi connectivity index (χ3n) is 2.75. The van der Waals surface area contributed by atoms with Crippen LogP contribution in [0.25, 0.3) is 0 Å². The molecule has 0 aromatic heterocycles. The molecule has 0 saturated heterocycles. The predicted molar refractivity (Wildman–Crippen MR) is 71.2 cm³/mol. The fourth-order valence-corrected chi connectivity index (χ4v) is 1.94. The summed E-state index contributed by atoms with van der Waals surface area (Å²) in [5.41, 5.74) is 0.880. The van der Waals surface area contributed by atoms with Gasteiger partial charge in [0.15, 0.2) is 5.78 Å². The van der Waals surface area contributed by atoms with Gasteiger partial charge in [0, 0.05) is 17.0 Å². The molecule has 1 N–H and O–H groups in total. The summed E-state index contributed by atoms with van der Waals surface area (Å²) in [5.74, 6) is -0.943. The number of hydrogen-bond donors (Lipinski definition) is 1. The van der Waals surface area contributed by atoms with Crippen molar-refractivity contribution in [3.8, 4) is 0 Å². The van der Waals surface area contributed by atoms with Gasteiger partial charge in [0.25, 0.3) is 0 Å². The van der Waals surface area contributed by atoms with Gasteiger partial charge >= 0.3 is 5.97 Å². The molecule has 0 heterocycles. The lowest BCUT2D eigenvalue weighted by Gasteiger charge is -2.21. The molecule has 0 aliphatic heterocycles. The van der Waals surface area contributed by atoms with Crippen LogP contribution in [0.1, 0.15) is 42.6 Å². The van der Waals surface area contributed by atoms with Gasteiger partial charge in [-0.3, -0.25) is 9.59 Å². The first-order valence-electron chi connectivity index (χ1n) is 5.72. The van der Waals surface area contributed by atoms with Crippen LogP contribution in [0, 0.1) is 12.3 Å². The van der Waals surface area contributed by atoms with E-state index in [1.807, 2.05) is 6.92 Å². The van der Waals surface area contributed by atoms with E-state index in [-0.39, 0.29) is 18.6 Å². The van der Waals surface area contributed by atoms with Crippen molar-refractivity contribution in [2.24, 2.45) is 5.41 Å². The minimum absolute atomic E-state index is 0.0225. The van der Waals surface area contributed by atoms with E-state index >= 15 is 0 Å². The van der Waals surface area contributed by atoms with Gasteiger partial charge in [-0.2, -0.15) is 0 Å². The van der Waals surface area contributed by atoms with Crippen molar-refractivity contribution in [1.29, 1.82) is 0 Å². The third-order valence-corrected chi connectivity index (χ3v) is 3.17. The molecule has 0 unspecified atom stereocenters. The summed E-state index contributed by atoms with van der Waals surface area (Å²) in [5, 5.41) is 9.41. The summed E-state index contributed by atoms with van der Waals surface area (Å²) in [4.78, 5) is 22.8. The van der Waals surface area contributed by atoms with Crippen molar-refractivity contribution < 1.29 is 14.7 Å². The second-order valence-electron chi connectivity index (χ2n) is 5.30. The Morgan fingerprint density at radius 2 is 1.89 bits per heavy atom. The molecule has 18 heavy (non-hydrogen) atoms. The molecule has 0 saturated carbocycles. The van der Waals surface area contributed by atoms with Crippen LogP contribution in [0.4, 0.5) is 0 Å². The highest BCUT2D eigenvalue weighted by Crippen LogP contribution is 2.27. The van der Waals surface area contributed by atoms with Gasteiger partial charge in [0.05, 0.1) is 6.42 Å². The fraction of sp³-hybridized carbons (Fsp3) is 0.429. The van der Waals surface area contributed by atoms with Crippen LogP contribution in [-0.2, 0) is 4.79 Å². The number of Topliss-reactive ketones (excluding diaryl/α,β-unsaturated/α-hetero) is 1. The van der Waals surface area contributed by atoms with E-state index in [0.717, 1.165) is 5.56 Å². The Balaban J connectivity index is 2.82. The number of benzene rings is 1. The van der Waals surface area contributed by atoms with Crippen LogP contribution in [0.2, 0.25) is 5.02 Å². The lowest BCUT2D eigenvalue weighted by Crippen LogP contribution is -2.21. The smallest absolute Gasteiger partial charge is 0.303 e. The highest BCUT2D eigenvalue weighted by atomic mass is 35.5. The Bertz CT molecular complexity index is 478. The van der Waals surface area contributed by atoms with Gasteiger partial charge in [-0.15, -0.1) is 0 Å². The Hall–Kier alpha value is -1.35. The third kappa shape index (κ3) is 4.15. The van der Waals surface area contributed by atoms with E-state index in [9.17, 15) is 9.59 Å². The van der Waals surface area contributed by atoms with Crippen molar-refractivity contribution in [1.82, 2.24) is 0 Å². The Kier molecular flexibility index (Phi) is 4.52. The SMILES string of the molecule is Cc1cc(C(=O)CC(C)(C)CC(=O)O)ccc1Cl. The first-order valence-corrected chi connectivity index (χ1v) is 6.10. The van der Waals surface area contributed by atoms with E-state index in [4.69, 9.17) is 16.7 Å². The predicted octanol–water partition coefficient (Wildman–Crippen LogP) is 3.72. The molecule has 1 aromatic rings. The molecule has 0 aliphatic carbocycles. The standard InChI is InChI=1S/C14H17ClO3/c1-9-6-10(4-5-11(9)15)12(16)7-14(2,3)8-13(17)18/h4-6H,7-8H2,1-3H3,(H,17,18). The molecular weight excluding hydrogens is 252 g/mol. The Morgan fingerprint density at radius 1 is 1.28 bits per heavy atom. The van der Waals surface area contributed by atoms with E-state index in [1.165, 1.54) is 0 Å². The minimum Gasteiger partial charge on any atom is -0.481 e. The van der Waals surface area contributed by atoms with Crippen LogP contribution in [0.3, 0.4) is 0 Å². The Morgan fingerprint density at radius 3 is 2.39 bits per heavy atom. The van der Waals surface area contributed by atoms with Crippen LogP contribution >= 0.6 is 11.6 Å². The molecule has 0 bridgehead atoms. The van der Waals surface area contributed by atoms with Crippen molar-refractivity contribution in [2.75, 3.05) is 0 Å². The van der Waals surface area contributed by atoms with Crippen LogP contribution in [0.15, 0.2) is 18.2 Å². The second kappa shape index (κ2) is 5.53. The minimum atomic E-state index is -0.889. The maximum atomic E-state index is 12.1. The normalized spacial score (nSPS) is 11.3.